The molecule has 204 valence electrons. The van der Waals surface area contributed by atoms with Crippen molar-refractivity contribution < 1.29 is 9.90 Å². The van der Waals surface area contributed by atoms with Gasteiger partial charge in [0.15, 0.2) is 0 Å². The van der Waals surface area contributed by atoms with E-state index < -0.39 is 5.91 Å². The van der Waals surface area contributed by atoms with Crippen molar-refractivity contribution in [2.75, 3.05) is 11.9 Å². The zero-order valence-corrected chi connectivity index (χ0v) is 22.8. The lowest BCUT2D eigenvalue weighted by molar-refractivity contribution is 0.100. The molecular formula is C35H32N4O2. The zero-order valence-electron chi connectivity index (χ0n) is 22.8. The van der Waals surface area contributed by atoms with Gasteiger partial charge in [0, 0.05) is 57.9 Å². The standard InChI is InChI=1S/C35H32N4O2/c36-35(41)27-17-16-25(19-31(27)38-30-13-5-2-9-23(30)21-40)39-32-14-6-3-10-28(32)34-26(11-7-15-33(34)39)24-18-22-8-1-4-12-29(22)37-20-24/h1,3-4,6-8,10-12,14-20,23,30,38,40H,2,5,9,13,21H2,(H2,36,41)/t23-,30-/m0/s1. The molecule has 2 heterocycles. The normalized spacial score (nSPS) is 17.3. The number of fused-ring (bicyclic) bond motifs is 4. The van der Waals surface area contributed by atoms with Crippen molar-refractivity contribution in [3.05, 3.63) is 103 Å². The number of anilines is 1. The number of aromatic nitrogens is 2. The summed E-state index contributed by atoms with van der Waals surface area (Å²) in [7, 11) is 0. The second kappa shape index (κ2) is 10.4. The SMILES string of the molecule is NC(=O)c1ccc(-n2c3ccccc3c3c(-c4cnc5ccccc5c4)cccc32)cc1N[C@H]1CCCC[C@H]1CO. The fraction of sp³-hybridized carbons (Fsp3) is 0.200. The summed E-state index contributed by atoms with van der Waals surface area (Å²) in [6.07, 6.45) is 6.08. The molecule has 0 bridgehead atoms. The van der Waals surface area contributed by atoms with Gasteiger partial charge in [0.05, 0.1) is 22.1 Å². The van der Waals surface area contributed by atoms with Crippen LogP contribution in [-0.2, 0) is 0 Å². The van der Waals surface area contributed by atoms with Crippen LogP contribution in [0.3, 0.4) is 0 Å². The molecule has 6 nitrogen and oxygen atoms in total. The van der Waals surface area contributed by atoms with Gasteiger partial charge in [0.1, 0.15) is 0 Å². The summed E-state index contributed by atoms with van der Waals surface area (Å²) >= 11 is 0. The van der Waals surface area contributed by atoms with Crippen LogP contribution in [0.4, 0.5) is 5.69 Å². The number of carbonyl (C=O) groups excluding carboxylic acids is 1. The predicted octanol–water partition coefficient (Wildman–Crippen LogP) is 7.06. The minimum atomic E-state index is -0.469. The Hall–Kier alpha value is -4.68. The summed E-state index contributed by atoms with van der Waals surface area (Å²) in [6.45, 7) is 0.128. The third kappa shape index (κ3) is 4.41. The molecule has 0 unspecified atom stereocenters. The first-order chi connectivity index (χ1) is 20.1. The summed E-state index contributed by atoms with van der Waals surface area (Å²) in [5.41, 5.74) is 13.2. The number of primary amides is 1. The molecule has 1 saturated carbocycles. The number of benzene rings is 4. The Morgan fingerprint density at radius 2 is 1.73 bits per heavy atom. The van der Waals surface area contributed by atoms with Crippen molar-refractivity contribution in [2.24, 2.45) is 11.7 Å². The molecule has 0 radical (unpaired) electrons. The predicted molar refractivity (Wildman–Crippen MR) is 166 cm³/mol. The fourth-order valence-electron chi connectivity index (χ4n) is 6.58. The van der Waals surface area contributed by atoms with Crippen molar-refractivity contribution in [1.82, 2.24) is 9.55 Å². The summed E-state index contributed by atoms with van der Waals surface area (Å²) in [4.78, 5) is 17.2. The number of nitrogens with zero attached hydrogens (tertiary/aromatic N) is 2. The van der Waals surface area contributed by atoms with Crippen LogP contribution in [-0.4, -0.2) is 33.2 Å². The Balaban J connectivity index is 1.42. The molecule has 7 rings (SSSR count). The lowest BCUT2D eigenvalue weighted by atomic mass is 9.85. The van der Waals surface area contributed by atoms with Crippen molar-refractivity contribution in [1.29, 1.82) is 0 Å². The van der Waals surface area contributed by atoms with Crippen LogP contribution in [0.25, 0.3) is 49.5 Å². The second-order valence-electron chi connectivity index (χ2n) is 11.0. The molecule has 1 aliphatic carbocycles. The number of nitrogens with one attached hydrogen (secondary N) is 1. The van der Waals surface area contributed by atoms with Gasteiger partial charge < -0.3 is 20.7 Å². The molecule has 6 aromatic rings. The van der Waals surface area contributed by atoms with Crippen LogP contribution in [0.5, 0.6) is 0 Å². The van der Waals surface area contributed by atoms with Crippen LogP contribution in [0.1, 0.15) is 36.0 Å². The quantitative estimate of drug-likeness (QED) is 0.211. The fourth-order valence-corrected chi connectivity index (χ4v) is 6.58. The van der Waals surface area contributed by atoms with Crippen LogP contribution < -0.4 is 11.1 Å². The second-order valence-corrected chi connectivity index (χ2v) is 11.0. The highest BCUT2D eigenvalue weighted by Crippen LogP contribution is 2.39. The molecule has 4 aromatic carbocycles. The van der Waals surface area contributed by atoms with Gasteiger partial charge in [-0.3, -0.25) is 9.78 Å². The van der Waals surface area contributed by atoms with Crippen LogP contribution in [0.2, 0.25) is 0 Å². The lowest BCUT2D eigenvalue weighted by Gasteiger charge is -2.32. The van der Waals surface area contributed by atoms with Gasteiger partial charge in [0.2, 0.25) is 0 Å². The van der Waals surface area contributed by atoms with Crippen LogP contribution >= 0.6 is 0 Å². The van der Waals surface area contributed by atoms with Crippen molar-refractivity contribution >= 4 is 44.3 Å². The summed E-state index contributed by atoms with van der Waals surface area (Å²) in [5, 5.41) is 17.0. The molecule has 0 spiro atoms. The smallest absolute Gasteiger partial charge is 0.250 e. The van der Waals surface area contributed by atoms with Crippen molar-refractivity contribution in [3.63, 3.8) is 0 Å². The lowest BCUT2D eigenvalue weighted by Crippen LogP contribution is -2.35. The highest BCUT2D eigenvalue weighted by Gasteiger charge is 2.26. The number of carbonyl (C=O) groups is 1. The van der Waals surface area contributed by atoms with E-state index in [4.69, 9.17) is 10.7 Å². The van der Waals surface area contributed by atoms with Crippen molar-refractivity contribution in [2.45, 2.75) is 31.7 Å². The number of para-hydroxylation sites is 2. The minimum absolute atomic E-state index is 0.0901. The molecule has 0 aliphatic heterocycles. The number of pyridine rings is 1. The molecule has 41 heavy (non-hydrogen) atoms. The van der Waals surface area contributed by atoms with E-state index in [9.17, 15) is 9.90 Å². The highest BCUT2D eigenvalue weighted by atomic mass is 16.3. The Bertz CT molecular complexity index is 1930. The number of hydrogen-bond donors (Lipinski definition) is 3. The molecule has 1 amide bonds. The summed E-state index contributed by atoms with van der Waals surface area (Å²) < 4.78 is 2.25. The van der Waals surface area contributed by atoms with E-state index in [-0.39, 0.29) is 18.6 Å². The molecule has 0 saturated heterocycles. The maximum absolute atomic E-state index is 12.5. The maximum Gasteiger partial charge on any atom is 0.250 e. The van der Waals surface area contributed by atoms with E-state index in [2.05, 4.69) is 64.5 Å². The van der Waals surface area contributed by atoms with Gasteiger partial charge >= 0.3 is 0 Å². The van der Waals surface area contributed by atoms with Crippen LogP contribution in [0, 0.1) is 5.92 Å². The first kappa shape index (κ1) is 25.3. The van der Waals surface area contributed by atoms with Crippen LogP contribution in [0.15, 0.2) is 97.2 Å². The first-order valence-electron chi connectivity index (χ1n) is 14.3. The monoisotopic (exact) mass is 540 g/mol. The number of aliphatic hydroxyl groups is 1. The average Bonchev–Trinajstić information content (AvgIpc) is 3.35. The molecule has 1 aliphatic rings. The minimum Gasteiger partial charge on any atom is -0.396 e. The maximum atomic E-state index is 12.5. The number of nitrogens with two attached hydrogens (primary N) is 1. The third-order valence-electron chi connectivity index (χ3n) is 8.61. The van der Waals surface area contributed by atoms with Gasteiger partial charge in [0.25, 0.3) is 5.91 Å². The third-order valence-corrected chi connectivity index (χ3v) is 8.61. The molecule has 6 heteroatoms. The van der Waals surface area contributed by atoms with E-state index in [1.54, 1.807) is 0 Å². The molecular weight excluding hydrogens is 508 g/mol. The summed E-state index contributed by atoms with van der Waals surface area (Å²) in [5.74, 6) is -0.316. The number of rotatable bonds is 6. The largest absolute Gasteiger partial charge is 0.396 e. The van der Waals surface area contributed by atoms with E-state index in [0.717, 1.165) is 75.2 Å². The van der Waals surface area contributed by atoms with E-state index >= 15 is 0 Å². The Morgan fingerprint density at radius 1 is 0.927 bits per heavy atom. The zero-order chi connectivity index (χ0) is 27.9. The van der Waals surface area contributed by atoms with Crippen molar-refractivity contribution in [3.8, 4) is 16.8 Å². The molecule has 2 aromatic heterocycles. The van der Waals surface area contributed by atoms with Gasteiger partial charge in [-0.15, -0.1) is 0 Å². The van der Waals surface area contributed by atoms with Gasteiger partial charge in [-0.05, 0) is 60.9 Å². The first-order valence-corrected chi connectivity index (χ1v) is 14.3. The van der Waals surface area contributed by atoms with Gasteiger partial charge in [-0.25, -0.2) is 0 Å². The Kier molecular flexibility index (Phi) is 6.40. The molecule has 4 N–H and O–H groups in total. The van der Waals surface area contributed by atoms with E-state index in [1.165, 1.54) is 0 Å². The number of hydrogen-bond acceptors (Lipinski definition) is 4. The van der Waals surface area contributed by atoms with E-state index in [1.807, 2.05) is 42.6 Å². The number of amides is 1. The Morgan fingerprint density at radius 3 is 2.61 bits per heavy atom. The average molecular weight is 541 g/mol. The van der Waals surface area contributed by atoms with Gasteiger partial charge in [-0.2, -0.15) is 0 Å². The molecule has 1 fully saturated rings. The highest BCUT2D eigenvalue weighted by molar-refractivity contribution is 6.16. The van der Waals surface area contributed by atoms with Gasteiger partial charge in [-0.1, -0.05) is 61.4 Å². The summed E-state index contributed by atoms with van der Waals surface area (Å²) in [6, 6.07) is 31.1. The number of aliphatic hydroxyl groups excluding tert-OH is 1. The Labute approximate surface area is 238 Å². The topological polar surface area (TPSA) is 93.2 Å². The van der Waals surface area contributed by atoms with E-state index in [0.29, 0.717) is 11.3 Å². The molecule has 2 atom stereocenters.